The fourth-order valence-electron chi connectivity index (χ4n) is 1.08. The van der Waals surface area contributed by atoms with E-state index in [1.807, 2.05) is 0 Å². The molecule has 0 spiro atoms. The van der Waals surface area contributed by atoms with Gasteiger partial charge in [0.15, 0.2) is 23.1 Å². The molecule has 0 unspecified atom stereocenters. The third-order valence-corrected chi connectivity index (χ3v) is 1.79. The van der Waals surface area contributed by atoms with Gasteiger partial charge >= 0.3 is 0 Å². The van der Waals surface area contributed by atoms with Gasteiger partial charge in [-0.2, -0.15) is 5.10 Å². The summed E-state index contributed by atoms with van der Waals surface area (Å²) in [6.45, 7) is 0. The maximum Gasteiger partial charge on any atom is 0.196 e. The molecule has 0 saturated carbocycles. The highest BCUT2D eigenvalue weighted by atomic mass is 19.1. The molecule has 0 saturated heterocycles. The van der Waals surface area contributed by atoms with Gasteiger partial charge in [0, 0.05) is 7.05 Å². The van der Waals surface area contributed by atoms with E-state index in [2.05, 4.69) is 5.10 Å². The first-order valence-electron chi connectivity index (χ1n) is 3.72. The maximum absolute atomic E-state index is 13.3. The first kappa shape index (κ1) is 7.85. The molecule has 0 fully saturated rings. The van der Waals surface area contributed by atoms with Crippen molar-refractivity contribution >= 4 is 5.82 Å². The van der Waals surface area contributed by atoms with Gasteiger partial charge in [-0.05, 0) is 12.1 Å². The molecule has 0 atom stereocenters. The van der Waals surface area contributed by atoms with E-state index in [-0.39, 0.29) is 11.5 Å². The van der Waals surface area contributed by atoms with Gasteiger partial charge in [0.05, 0.1) is 6.26 Å². The SMILES string of the molecule is Cn1nc(-c2ccco2)c(F)c1N. The second-order valence-electron chi connectivity index (χ2n) is 2.65. The molecule has 13 heavy (non-hydrogen) atoms. The molecule has 2 heterocycles. The zero-order valence-corrected chi connectivity index (χ0v) is 6.99. The smallest absolute Gasteiger partial charge is 0.196 e. The van der Waals surface area contributed by atoms with Crippen LogP contribution in [0.5, 0.6) is 0 Å². The van der Waals surface area contributed by atoms with E-state index >= 15 is 0 Å². The molecule has 0 radical (unpaired) electrons. The number of aromatic nitrogens is 2. The van der Waals surface area contributed by atoms with Crippen molar-refractivity contribution in [2.75, 3.05) is 5.73 Å². The number of furan rings is 1. The molecule has 0 bridgehead atoms. The van der Waals surface area contributed by atoms with Gasteiger partial charge in [0.1, 0.15) is 0 Å². The lowest BCUT2D eigenvalue weighted by Gasteiger charge is -1.88. The van der Waals surface area contributed by atoms with Crippen LogP contribution in [0.3, 0.4) is 0 Å². The van der Waals surface area contributed by atoms with Gasteiger partial charge in [-0.15, -0.1) is 0 Å². The van der Waals surface area contributed by atoms with Gasteiger partial charge in [-0.25, -0.2) is 9.07 Å². The average Bonchev–Trinajstić information content (AvgIpc) is 2.70. The van der Waals surface area contributed by atoms with E-state index in [1.54, 1.807) is 19.2 Å². The molecule has 2 rings (SSSR count). The Morgan fingerprint density at radius 2 is 2.38 bits per heavy atom. The van der Waals surface area contributed by atoms with Crippen molar-refractivity contribution in [2.24, 2.45) is 7.05 Å². The van der Waals surface area contributed by atoms with E-state index in [9.17, 15) is 4.39 Å². The summed E-state index contributed by atoms with van der Waals surface area (Å²) >= 11 is 0. The van der Waals surface area contributed by atoms with E-state index < -0.39 is 5.82 Å². The average molecular weight is 181 g/mol. The van der Waals surface area contributed by atoms with Gasteiger partial charge in [0.2, 0.25) is 0 Å². The Hall–Kier alpha value is -1.78. The topological polar surface area (TPSA) is 57.0 Å². The summed E-state index contributed by atoms with van der Waals surface area (Å²) in [5.74, 6) is -0.159. The second-order valence-corrected chi connectivity index (χ2v) is 2.65. The van der Waals surface area contributed by atoms with Crippen LogP contribution in [0.4, 0.5) is 10.2 Å². The first-order valence-corrected chi connectivity index (χ1v) is 3.72. The predicted molar refractivity (Wildman–Crippen MR) is 45.3 cm³/mol. The summed E-state index contributed by atoms with van der Waals surface area (Å²) in [5.41, 5.74) is 5.54. The third-order valence-electron chi connectivity index (χ3n) is 1.79. The lowest BCUT2D eigenvalue weighted by molar-refractivity contribution is 0.568. The van der Waals surface area contributed by atoms with Gasteiger partial charge in [0.25, 0.3) is 0 Å². The Kier molecular flexibility index (Phi) is 1.58. The van der Waals surface area contributed by atoms with Crippen molar-refractivity contribution in [3.63, 3.8) is 0 Å². The summed E-state index contributed by atoms with van der Waals surface area (Å²) in [6.07, 6.45) is 1.46. The van der Waals surface area contributed by atoms with Crippen LogP contribution in [-0.4, -0.2) is 9.78 Å². The van der Waals surface area contributed by atoms with Gasteiger partial charge in [-0.1, -0.05) is 0 Å². The molecule has 0 aliphatic rings. The highest BCUT2D eigenvalue weighted by Crippen LogP contribution is 2.24. The minimum absolute atomic E-state index is 0.00593. The number of halogens is 1. The van der Waals surface area contributed by atoms with Crippen molar-refractivity contribution < 1.29 is 8.81 Å². The number of aryl methyl sites for hydroxylation is 1. The Labute approximate surface area is 73.8 Å². The molecule has 0 aliphatic heterocycles. The summed E-state index contributed by atoms with van der Waals surface area (Å²) < 4.78 is 19.6. The zero-order valence-electron chi connectivity index (χ0n) is 6.99. The first-order chi connectivity index (χ1) is 6.20. The van der Waals surface area contributed by atoms with Gasteiger partial charge in [-0.3, -0.25) is 0 Å². The molecule has 4 nitrogen and oxygen atoms in total. The van der Waals surface area contributed by atoms with Gasteiger partial charge < -0.3 is 10.2 Å². The third kappa shape index (κ3) is 1.09. The Morgan fingerprint density at radius 3 is 2.85 bits per heavy atom. The molecule has 2 aromatic heterocycles. The molecule has 0 aromatic carbocycles. The fourth-order valence-corrected chi connectivity index (χ4v) is 1.08. The van der Waals surface area contributed by atoms with Crippen molar-refractivity contribution in [1.29, 1.82) is 0 Å². The van der Waals surface area contributed by atoms with Crippen molar-refractivity contribution in [3.8, 4) is 11.5 Å². The zero-order chi connectivity index (χ0) is 9.42. The number of anilines is 1. The summed E-state index contributed by atoms with van der Waals surface area (Å²) in [5, 5.41) is 3.88. The monoisotopic (exact) mass is 181 g/mol. The lowest BCUT2D eigenvalue weighted by Crippen LogP contribution is -1.97. The number of nitrogens with two attached hydrogens (primary N) is 1. The van der Waals surface area contributed by atoms with Crippen molar-refractivity contribution in [2.45, 2.75) is 0 Å². The van der Waals surface area contributed by atoms with Crippen molar-refractivity contribution in [3.05, 3.63) is 24.2 Å². The lowest BCUT2D eigenvalue weighted by atomic mass is 10.3. The molecule has 0 aliphatic carbocycles. The molecule has 2 aromatic rings. The number of nitrogens with zero attached hydrogens (tertiary/aromatic N) is 2. The van der Waals surface area contributed by atoms with E-state index in [0.717, 1.165) is 0 Å². The highest BCUT2D eigenvalue weighted by molar-refractivity contribution is 5.57. The van der Waals surface area contributed by atoms with Crippen LogP contribution in [0.25, 0.3) is 11.5 Å². The Morgan fingerprint density at radius 1 is 1.62 bits per heavy atom. The van der Waals surface area contributed by atoms with E-state index in [1.165, 1.54) is 10.9 Å². The van der Waals surface area contributed by atoms with E-state index in [4.69, 9.17) is 10.2 Å². The quantitative estimate of drug-likeness (QED) is 0.723. The number of hydrogen-bond acceptors (Lipinski definition) is 3. The molecular weight excluding hydrogens is 173 g/mol. The second kappa shape index (κ2) is 2.62. The molecule has 5 heteroatoms. The summed E-state index contributed by atoms with van der Waals surface area (Å²) in [6, 6.07) is 3.30. The van der Waals surface area contributed by atoms with Crippen LogP contribution in [-0.2, 0) is 7.05 Å². The largest absolute Gasteiger partial charge is 0.463 e. The molecule has 0 amide bonds. The number of hydrogen-bond donors (Lipinski definition) is 1. The minimum atomic E-state index is -0.544. The van der Waals surface area contributed by atoms with Crippen LogP contribution in [0, 0.1) is 5.82 Å². The number of rotatable bonds is 1. The number of nitrogen functional groups attached to an aromatic ring is 1. The normalized spacial score (nSPS) is 10.6. The van der Waals surface area contributed by atoms with Crippen LogP contribution in [0.2, 0.25) is 0 Å². The van der Waals surface area contributed by atoms with Crippen LogP contribution >= 0.6 is 0 Å². The van der Waals surface area contributed by atoms with Crippen molar-refractivity contribution in [1.82, 2.24) is 9.78 Å². The predicted octanol–water partition coefficient (Wildman–Crippen LogP) is 1.40. The fraction of sp³-hybridized carbons (Fsp3) is 0.125. The maximum atomic E-state index is 13.3. The molecule has 2 N–H and O–H groups in total. The van der Waals surface area contributed by atoms with Crippen LogP contribution in [0.15, 0.2) is 22.8 Å². The standard InChI is InChI=1S/C8H8FN3O/c1-12-8(10)6(9)7(11-12)5-3-2-4-13-5/h2-4H,10H2,1H3. The minimum Gasteiger partial charge on any atom is -0.463 e. The summed E-state index contributed by atoms with van der Waals surface area (Å²) in [7, 11) is 1.57. The van der Waals surface area contributed by atoms with E-state index in [0.29, 0.717) is 5.76 Å². The molecule has 68 valence electrons. The highest BCUT2D eigenvalue weighted by Gasteiger charge is 2.16. The Balaban J connectivity index is 2.59. The molecular formula is C8H8FN3O. The van der Waals surface area contributed by atoms with Crippen LogP contribution < -0.4 is 5.73 Å². The summed E-state index contributed by atoms with van der Waals surface area (Å²) in [4.78, 5) is 0. The Bertz CT molecular complexity index is 419. The van der Waals surface area contributed by atoms with Crippen LogP contribution in [0.1, 0.15) is 0 Å².